The van der Waals surface area contributed by atoms with Gasteiger partial charge in [0, 0.05) is 7.05 Å². The van der Waals surface area contributed by atoms with Gasteiger partial charge in [0.1, 0.15) is 0 Å². The van der Waals surface area contributed by atoms with Gasteiger partial charge in [-0.1, -0.05) is 35.9 Å². The Hall–Kier alpha value is -2.82. The molecule has 1 aromatic heterocycles. The van der Waals surface area contributed by atoms with Gasteiger partial charge in [0.05, 0.1) is 16.6 Å². The molecular weight excluding hydrogens is 304 g/mol. The van der Waals surface area contributed by atoms with Crippen LogP contribution in [0.4, 0.5) is 0 Å². The molecule has 3 aromatic rings. The molecule has 0 bridgehead atoms. The van der Waals surface area contributed by atoms with Gasteiger partial charge >= 0.3 is 5.76 Å². The van der Waals surface area contributed by atoms with Gasteiger partial charge in [0.2, 0.25) is 0 Å². The fourth-order valence-electron chi connectivity index (χ4n) is 2.79. The highest BCUT2D eigenvalue weighted by atomic mass is 16.4. The number of nitrogens with zero attached hydrogens (tertiary/aromatic N) is 1. The summed E-state index contributed by atoms with van der Waals surface area (Å²) < 4.78 is 6.62. The molecule has 0 atom stereocenters. The van der Waals surface area contributed by atoms with Crippen LogP contribution in [0.1, 0.15) is 35.3 Å². The van der Waals surface area contributed by atoms with E-state index in [2.05, 4.69) is 5.32 Å². The van der Waals surface area contributed by atoms with Crippen LogP contribution in [0, 0.1) is 6.92 Å². The number of carbonyl (C=O) groups excluding carboxylic acids is 1. The van der Waals surface area contributed by atoms with Crippen LogP contribution in [0.15, 0.2) is 51.7 Å². The van der Waals surface area contributed by atoms with Gasteiger partial charge in [0.15, 0.2) is 5.58 Å². The second-order valence-electron chi connectivity index (χ2n) is 6.53. The zero-order valence-electron chi connectivity index (χ0n) is 14.2. The van der Waals surface area contributed by atoms with E-state index in [-0.39, 0.29) is 5.91 Å². The van der Waals surface area contributed by atoms with E-state index >= 15 is 0 Å². The van der Waals surface area contributed by atoms with Crippen molar-refractivity contribution in [2.75, 3.05) is 0 Å². The number of hydrogen-bond donors (Lipinski definition) is 1. The van der Waals surface area contributed by atoms with Crippen molar-refractivity contribution in [3.63, 3.8) is 0 Å². The van der Waals surface area contributed by atoms with E-state index in [0.717, 1.165) is 11.1 Å². The minimum Gasteiger partial charge on any atom is -0.407 e. The number of para-hydroxylation sites is 1. The van der Waals surface area contributed by atoms with Crippen LogP contribution >= 0.6 is 0 Å². The first-order valence-electron chi connectivity index (χ1n) is 7.78. The Bertz CT molecular complexity index is 980. The molecule has 0 aliphatic carbocycles. The summed E-state index contributed by atoms with van der Waals surface area (Å²) >= 11 is 0. The molecule has 1 N–H and O–H groups in total. The Morgan fingerprint density at radius 2 is 1.88 bits per heavy atom. The Balaban J connectivity index is 1.98. The lowest BCUT2D eigenvalue weighted by Crippen LogP contribution is -2.41. The molecule has 0 saturated heterocycles. The van der Waals surface area contributed by atoms with Gasteiger partial charge < -0.3 is 9.73 Å². The lowest BCUT2D eigenvalue weighted by atomic mass is 9.92. The van der Waals surface area contributed by atoms with E-state index < -0.39 is 11.3 Å². The predicted octanol–water partition coefficient (Wildman–Crippen LogP) is 3.11. The SMILES string of the molecule is Cc1cccc(C(C)(C)NC(=O)c2cccc3c2oc(=O)n3C)c1. The van der Waals surface area contributed by atoms with Gasteiger partial charge in [-0.3, -0.25) is 9.36 Å². The second-order valence-corrected chi connectivity index (χ2v) is 6.53. The van der Waals surface area contributed by atoms with Gasteiger partial charge in [-0.15, -0.1) is 0 Å². The van der Waals surface area contributed by atoms with Crippen LogP contribution < -0.4 is 11.1 Å². The summed E-state index contributed by atoms with van der Waals surface area (Å²) in [6.07, 6.45) is 0. The Morgan fingerprint density at radius 1 is 1.17 bits per heavy atom. The monoisotopic (exact) mass is 324 g/mol. The van der Waals surface area contributed by atoms with Crippen LogP contribution in [0.3, 0.4) is 0 Å². The molecule has 0 fully saturated rings. The lowest BCUT2D eigenvalue weighted by Gasteiger charge is -2.27. The second kappa shape index (κ2) is 5.67. The number of oxazole rings is 1. The van der Waals surface area contributed by atoms with E-state index in [0.29, 0.717) is 16.7 Å². The maximum Gasteiger partial charge on any atom is 0.419 e. The average Bonchev–Trinajstić information content (AvgIpc) is 2.82. The molecule has 0 unspecified atom stereocenters. The molecular formula is C19H20N2O3. The van der Waals surface area contributed by atoms with E-state index in [4.69, 9.17) is 4.42 Å². The smallest absolute Gasteiger partial charge is 0.407 e. The van der Waals surface area contributed by atoms with Crippen LogP contribution in [-0.4, -0.2) is 10.5 Å². The predicted molar refractivity (Wildman–Crippen MR) is 93.1 cm³/mol. The molecule has 0 aliphatic heterocycles. The highest BCUT2D eigenvalue weighted by molar-refractivity contribution is 6.04. The van der Waals surface area contributed by atoms with Gasteiger partial charge in [-0.25, -0.2) is 4.79 Å². The summed E-state index contributed by atoms with van der Waals surface area (Å²) in [4.78, 5) is 24.5. The number of benzene rings is 2. The Morgan fingerprint density at radius 3 is 2.58 bits per heavy atom. The third kappa shape index (κ3) is 2.73. The Labute approximate surface area is 139 Å². The molecule has 5 nitrogen and oxygen atoms in total. The number of nitrogens with one attached hydrogen (secondary N) is 1. The summed E-state index contributed by atoms with van der Waals surface area (Å²) in [7, 11) is 1.62. The van der Waals surface area contributed by atoms with E-state index in [1.807, 2.05) is 45.0 Å². The van der Waals surface area contributed by atoms with Crippen LogP contribution in [0.25, 0.3) is 11.1 Å². The third-order valence-electron chi connectivity index (χ3n) is 4.23. The van der Waals surface area contributed by atoms with Gasteiger partial charge in [0.25, 0.3) is 5.91 Å². The summed E-state index contributed by atoms with van der Waals surface area (Å²) in [5, 5.41) is 3.03. The first kappa shape index (κ1) is 16.1. The van der Waals surface area contributed by atoms with Crippen molar-refractivity contribution < 1.29 is 9.21 Å². The number of amides is 1. The first-order chi connectivity index (χ1) is 11.3. The van der Waals surface area contributed by atoms with E-state index in [1.54, 1.807) is 25.2 Å². The van der Waals surface area contributed by atoms with Crippen molar-refractivity contribution in [1.82, 2.24) is 9.88 Å². The molecule has 124 valence electrons. The first-order valence-corrected chi connectivity index (χ1v) is 7.78. The third-order valence-corrected chi connectivity index (χ3v) is 4.23. The average molecular weight is 324 g/mol. The standard InChI is InChI=1S/C19H20N2O3/c1-12-7-5-8-13(11-12)19(2,3)20-17(22)14-9-6-10-15-16(14)24-18(23)21(15)4/h5-11H,1-4H3,(H,20,22). The molecule has 0 saturated carbocycles. The number of hydrogen-bond acceptors (Lipinski definition) is 3. The topological polar surface area (TPSA) is 64.2 Å². The maximum absolute atomic E-state index is 12.8. The molecule has 1 amide bonds. The van der Waals surface area contributed by atoms with Crippen molar-refractivity contribution in [2.24, 2.45) is 7.05 Å². The fraction of sp³-hybridized carbons (Fsp3) is 0.263. The number of fused-ring (bicyclic) bond motifs is 1. The fourth-order valence-corrected chi connectivity index (χ4v) is 2.79. The normalized spacial score (nSPS) is 11.7. The van der Waals surface area contributed by atoms with Crippen LogP contribution in [0.5, 0.6) is 0 Å². The molecule has 0 spiro atoms. The van der Waals surface area contributed by atoms with Crippen molar-refractivity contribution in [1.29, 1.82) is 0 Å². The van der Waals surface area contributed by atoms with E-state index in [9.17, 15) is 9.59 Å². The zero-order valence-corrected chi connectivity index (χ0v) is 14.2. The number of aromatic nitrogens is 1. The number of rotatable bonds is 3. The van der Waals surface area contributed by atoms with Crippen molar-refractivity contribution in [3.8, 4) is 0 Å². The van der Waals surface area contributed by atoms with Gasteiger partial charge in [-0.05, 0) is 38.5 Å². The van der Waals surface area contributed by atoms with Crippen LogP contribution in [-0.2, 0) is 12.6 Å². The highest BCUT2D eigenvalue weighted by Gasteiger charge is 2.25. The minimum atomic E-state index is -0.555. The van der Waals surface area contributed by atoms with Gasteiger partial charge in [-0.2, -0.15) is 0 Å². The molecule has 0 radical (unpaired) electrons. The van der Waals surface area contributed by atoms with Crippen LogP contribution in [0.2, 0.25) is 0 Å². The summed E-state index contributed by atoms with van der Waals surface area (Å²) in [6.45, 7) is 5.91. The largest absolute Gasteiger partial charge is 0.419 e. The van der Waals surface area contributed by atoms with E-state index in [1.165, 1.54) is 4.57 Å². The number of aryl methyl sites for hydroxylation is 2. The molecule has 3 rings (SSSR count). The van der Waals surface area contributed by atoms with Crippen molar-refractivity contribution in [3.05, 3.63) is 69.7 Å². The highest BCUT2D eigenvalue weighted by Crippen LogP contribution is 2.23. The Kier molecular flexibility index (Phi) is 3.79. The molecule has 5 heteroatoms. The summed E-state index contributed by atoms with van der Waals surface area (Å²) in [5.41, 5.74) is 2.85. The lowest BCUT2D eigenvalue weighted by molar-refractivity contribution is 0.0912. The van der Waals surface area contributed by atoms with Crippen molar-refractivity contribution >= 4 is 17.0 Å². The molecule has 1 heterocycles. The zero-order chi connectivity index (χ0) is 17.5. The van der Waals surface area contributed by atoms with Crippen molar-refractivity contribution in [2.45, 2.75) is 26.3 Å². The summed E-state index contributed by atoms with van der Waals surface area (Å²) in [5.74, 6) is -0.760. The number of carbonyl (C=O) groups is 1. The minimum absolute atomic E-state index is 0.276. The maximum atomic E-state index is 12.8. The molecule has 2 aromatic carbocycles. The molecule has 24 heavy (non-hydrogen) atoms. The molecule has 0 aliphatic rings. The summed E-state index contributed by atoms with van der Waals surface area (Å²) in [6, 6.07) is 13.2. The quantitative estimate of drug-likeness (QED) is 0.805.